The van der Waals surface area contributed by atoms with Gasteiger partial charge in [0, 0.05) is 35.2 Å². The van der Waals surface area contributed by atoms with Crippen LogP contribution >= 0.6 is 0 Å². The molecule has 0 fully saturated rings. The Morgan fingerprint density at radius 3 is 2.79 bits per heavy atom. The van der Waals surface area contributed by atoms with E-state index in [4.69, 9.17) is 14.5 Å². The topological polar surface area (TPSA) is 111 Å². The van der Waals surface area contributed by atoms with Gasteiger partial charge in [-0.15, -0.1) is 0 Å². The van der Waals surface area contributed by atoms with Crippen molar-refractivity contribution in [3.63, 3.8) is 0 Å². The van der Waals surface area contributed by atoms with Crippen LogP contribution in [0.3, 0.4) is 0 Å². The first-order valence-corrected chi connectivity index (χ1v) is 13.2. The van der Waals surface area contributed by atoms with E-state index in [0.29, 0.717) is 41.9 Å². The van der Waals surface area contributed by atoms with Crippen LogP contribution in [0.1, 0.15) is 65.6 Å². The number of carbonyl (C=O) groups excluding carboxylic acids is 2. The van der Waals surface area contributed by atoms with E-state index in [1.54, 1.807) is 24.5 Å². The van der Waals surface area contributed by atoms with Crippen LogP contribution in [-0.2, 0) is 44.2 Å². The van der Waals surface area contributed by atoms with Crippen LogP contribution in [0.25, 0.3) is 22.3 Å². The molecule has 0 amide bonds. The van der Waals surface area contributed by atoms with Gasteiger partial charge in [0.15, 0.2) is 5.60 Å². The van der Waals surface area contributed by atoms with Gasteiger partial charge in [-0.2, -0.15) is 0 Å². The standard InChI is InChI=1S/C29H30FN3O6/c1-5-29(37)18-10-22-26-16(12-33(22)27(35)17(18)13-39-28(29)36)25-21(32(3)9-8-23(34)38-4)7-6-15-14(2)19(30)11-20(31-26)24(15)25/h10-11,21,37H,5-9,12-13H2,1-4H3/t21?,29-/m0/s1. The second kappa shape index (κ2) is 8.96. The molecule has 0 bridgehead atoms. The lowest BCUT2D eigenvalue weighted by Gasteiger charge is -2.35. The second-order valence-electron chi connectivity index (χ2n) is 10.7. The molecule has 1 aromatic carbocycles. The number of aryl methyl sites for hydroxylation is 1. The third-order valence-corrected chi connectivity index (χ3v) is 8.78. The lowest BCUT2D eigenvalue weighted by Crippen LogP contribution is -2.44. The van der Waals surface area contributed by atoms with E-state index in [1.165, 1.54) is 13.2 Å². The predicted octanol–water partition coefficient (Wildman–Crippen LogP) is 3.01. The Bertz CT molecular complexity index is 1650. The van der Waals surface area contributed by atoms with Gasteiger partial charge in [-0.05, 0) is 56.0 Å². The van der Waals surface area contributed by atoms with Crippen molar-refractivity contribution in [3.05, 3.63) is 61.7 Å². The first-order chi connectivity index (χ1) is 18.6. The van der Waals surface area contributed by atoms with Crippen LogP contribution in [0.5, 0.6) is 0 Å². The Balaban J connectivity index is 1.60. The number of cyclic esters (lactones) is 1. The SMILES string of the molecule is CC[C@@]1(O)C(=O)OCc2c1cc1n(c2=O)Cc2c-1nc1cc(F)c(C)c3c1c2C(N(C)CCC(=O)OC)CC3. The van der Waals surface area contributed by atoms with Crippen LogP contribution in [-0.4, -0.2) is 52.2 Å². The second-order valence-corrected chi connectivity index (χ2v) is 10.7. The number of aliphatic hydroxyl groups is 1. The molecule has 1 aliphatic carbocycles. The van der Waals surface area contributed by atoms with E-state index in [0.717, 1.165) is 22.1 Å². The zero-order chi connectivity index (χ0) is 27.8. The van der Waals surface area contributed by atoms with Crippen molar-refractivity contribution >= 4 is 22.8 Å². The lowest BCUT2D eigenvalue weighted by molar-refractivity contribution is -0.172. The summed E-state index contributed by atoms with van der Waals surface area (Å²) in [6.45, 7) is 3.95. The highest BCUT2D eigenvalue weighted by Crippen LogP contribution is 2.47. The summed E-state index contributed by atoms with van der Waals surface area (Å²) in [6, 6.07) is 3.01. The van der Waals surface area contributed by atoms with Crippen molar-refractivity contribution < 1.29 is 28.6 Å². The average Bonchev–Trinajstić information content (AvgIpc) is 3.31. The van der Waals surface area contributed by atoms with Gasteiger partial charge in [-0.3, -0.25) is 14.5 Å². The van der Waals surface area contributed by atoms with Crippen molar-refractivity contribution in [1.29, 1.82) is 0 Å². The van der Waals surface area contributed by atoms with Gasteiger partial charge in [0.25, 0.3) is 5.56 Å². The van der Waals surface area contributed by atoms with Crippen molar-refractivity contribution in [1.82, 2.24) is 14.5 Å². The van der Waals surface area contributed by atoms with Gasteiger partial charge in [-0.25, -0.2) is 14.2 Å². The zero-order valence-corrected chi connectivity index (χ0v) is 22.4. The molecule has 0 saturated carbocycles. The number of esters is 2. The minimum absolute atomic E-state index is 0.0475. The van der Waals surface area contributed by atoms with Gasteiger partial charge in [0.05, 0.1) is 42.5 Å². The van der Waals surface area contributed by atoms with Crippen molar-refractivity contribution in [2.24, 2.45) is 0 Å². The minimum atomic E-state index is -1.93. The number of pyridine rings is 2. The average molecular weight is 536 g/mol. The third-order valence-electron chi connectivity index (χ3n) is 8.78. The minimum Gasteiger partial charge on any atom is -0.469 e. The summed E-state index contributed by atoms with van der Waals surface area (Å²) in [7, 11) is 3.31. The first-order valence-electron chi connectivity index (χ1n) is 13.2. The molecule has 1 N–H and O–H groups in total. The molecule has 0 spiro atoms. The maximum atomic E-state index is 15.0. The molecule has 10 heteroatoms. The highest BCUT2D eigenvalue weighted by molar-refractivity contribution is 5.93. The summed E-state index contributed by atoms with van der Waals surface area (Å²) >= 11 is 0. The number of methoxy groups -OCH3 is 1. The lowest BCUT2D eigenvalue weighted by atomic mass is 9.81. The highest BCUT2D eigenvalue weighted by Gasteiger charge is 2.46. The Morgan fingerprint density at radius 1 is 1.31 bits per heavy atom. The molecule has 4 heterocycles. The van der Waals surface area contributed by atoms with E-state index in [-0.39, 0.29) is 60.5 Å². The fourth-order valence-corrected chi connectivity index (χ4v) is 6.50. The molecule has 204 valence electrons. The van der Waals surface area contributed by atoms with Gasteiger partial charge in [0.2, 0.25) is 0 Å². The third kappa shape index (κ3) is 3.57. The number of benzene rings is 1. The molecule has 0 radical (unpaired) electrons. The van der Waals surface area contributed by atoms with E-state index >= 15 is 4.39 Å². The molecule has 2 atom stereocenters. The summed E-state index contributed by atoms with van der Waals surface area (Å²) in [5.74, 6) is -1.42. The summed E-state index contributed by atoms with van der Waals surface area (Å²) in [5, 5.41) is 12.1. The largest absolute Gasteiger partial charge is 0.469 e. The Kier molecular flexibility index (Phi) is 5.89. The van der Waals surface area contributed by atoms with Crippen LogP contribution in [0.4, 0.5) is 4.39 Å². The van der Waals surface area contributed by atoms with Crippen LogP contribution in [0.15, 0.2) is 16.9 Å². The summed E-state index contributed by atoms with van der Waals surface area (Å²) in [5.41, 5.74) is 3.08. The number of aromatic nitrogens is 2. The molecule has 6 rings (SSSR count). The number of ether oxygens (including phenoxy) is 2. The molecule has 2 aromatic heterocycles. The van der Waals surface area contributed by atoms with Gasteiger partial charge < -0.3 is 19.1 Å². The number of hydrogen-bond acceptors (Lipinski definition) is 8. The Labute approximate surface area is 224 Å². The van der Waals surface area contributed by atoms with Crippen LogP contribution in [0, 0.1) is 12.7 Å². The smallest absolute Gasteiger partial charge is 0.343 e. The molecule has 0 saturated heterocycles. The fourth-order valence-electron chi connectivity index (χ4n) is 6.50. The number of fused-ring (bicyclic) bond motifs is 5. The summed E-state index contributed by atoms with van der Waals surface area (Å²) in [4.78, 5) is 45.1. The first kappa shape index (κ1) is 25.6. The van der Waals surface area contributed by atoms with E-state index in [9.17, 15) is 19.5 Å². The Morgan fingerprint density at radius 2 is 2.08 bits per heavy atom. The molecule has 1 unspecified atom stereocenters. The van der Waals surface area contributed by atoms with Crippen molar-refractivity contribution in [3.8, 4) is 11.4 Å². The highest BCUT2D eigenvalue weighted by atomic mass is 19.1. The summed E-state index contributed by atoms with van der Waals surface area (Å²) in [6.07, 6.45) is 1.64. The molecule has 39 heavy (non-hydrogen) atoms. The predicted molar refractivity (Wildman–Crippen MR) is 140 cm³/mol. The maximum absolute atomic E-state index is 15.0. The maximum Gasteiger partial charge on any atom is 0.343 e. The zero-order valence-electron chi connectivity index (χ0n) is 22.4. The summed E-state index contributed by atoms with van der Waals surface area (Å²) < 4.78 is 26.7. The van der Waals surface area contributed by atoms with E-state index in [2.05, 4.69) is 4.90 Å². The number of rotatable bonds is 5. The fraction of sp³-hybridized carbons (Fsp3) is 0.448. The van der Waals surface area contributed by atoms with Gasteiger partial charge >= 0.3 is 11.9 Å². The number of hydrogen-bond donors (Lipinski definition) is 1. The Hall–Kier alpha value is -3.63. The molecule has 3 aromatic rings. The molecular formula is C29H30FN3O6. The quantitative estimate of drug-likeness (QED) is 0.389. The van der Waals surface area contributed by atoms with Crippen LogP contribution < -0.4 is 5.56 Å². The molecule has 9 nitrogen and oxygen atoms in total. The van der Waals surface area contributed by atoms with Crippen molar-refractivity contribution in [2.45, 2.75) is 64.3 Å². The number of halogens is 1. The number of nitrogens with zero attached hydrogens (tertiary/aromatic N) is 3. The van der Waals surface area contributed by atoms with Gasteiger partial charge in [0.1, 0.15) is 12.4 Å². The van der Waals surface area contributed by atoms with E-state index < -0.39 is 11.6 Å². The molecule has 3 aliphatic rings. The van der Waals surface area contributed by atoms with Crippen LogP contribution in [0.2, 0.25) is 0 Å². The monoisotopic (exact) mass is 535 g/mol. The van der Waals surface area contributed by atoms with E-state index in [1.807, 2.05) is 7.05 Å². The normalized spacial score (nSPS) is 21.0. The number of carbonyl (C=O) groups is 2. The van der Waals surface area contributed by atoms with Crippen molar-refractivity contribution in [2.75, 3.05) is 20.7 Å². The van der Waals surface area contributed by atoms with Gasteiger partial charge in [-0.1, -0.05) is 6.92 Å². The molecular weight excluding hydrogens is 505 g/mol. The molecule has 2 aliphatic heterocycles.